The Morgan fingerprint density at radius 2 is 1.66 bits per heavy atom. The van der Waals surface area contributed by atoms with Crippen molar-refractivity contribution in [2.45, 2.75) is 19.4 Å². The zero-order valence-electron chi connectivity index (χ0n) is 29.0. The minimum Gasteiger partial charge on any atom is -0.503 e. The fourth-order valence-electron chi connectivity index (χ4n) is 5.56. The summed E-state index contributed by atoms with van der Waals surface area (Å²) in [5, 5.41) is 16.9. The van der Waals surface area contributed by atoms with Crippen LogP contribution in [0.25, 0.3) is 28.1 Å². The number of carbonyl (C=O) groups is 1. The Morgan fingerprint density at radius 3 is 2.38 bits per heavy atom. The third kappa shape index (κ3) is 8.26. The van der Waals surface area contributed by atoms with E-state index in [4.69, 9.17) is 24.0 Å². The lowest BCUT2D eigenvalue weighted by atomic mass is 10.0. The number of halogens is 1. The second-order valence-corrected chi connectivity index (χ2v) is 11.3. The lowest BCUT2D eigenvalue weighted by molar-refractivity contribution is -0.133. The number of ether oxygens (including phenoxy) is 4. The van der Waals surface area contributed by atoms with Crippen LogP contribution >= 0.6 is 0 Å². The summed E-state index contributed by atoms with van der Waals surface area (Å²) in [6.07, 6.45) is 6.35. The number of nitrogens with zero attached hydrogens (tertiary/aromatic N) is 7. The highest BCUT2D eigenvalue weighted by Crippen LogP contribution is 2.37. The highest BCUT2D eigenvalue weighted by atomic mass is 19.1. The quantitative estimate of drug-likeness (QED) is 0.0864. The van der Waals surface area contributed by atoms with Gasteiger partial charge in [0.05, 0.1) is 37.8 Å². The van der Waals surface area contributed by atoms with Gasteiger partial charge in [-0.2, -0.15) is 10.4 Å². The average molecular weight is 713 g/mol. The maximum atomic E-state index is 13.2. The van der Waals surface area contributed by atoms with E-state index in [-0.39, 0.29) is 23.2 Å². The molecular formula is C39H33FN8O5. The molecule has 14 heteroatoms. The van der Waals surface area contributed by atoms with Gasteiger partial charge in [0.2, 0.25) is 17.7 Å². The highest BCUT2D eigenvalue weighted by molar-refractivity contribution is 6.17. The molecule has 4 heterocycles. The molecule has 1 N–H and O–H groups in total. The molecule has 0 aliphatic carbocycles. The largest absolute Gasteiger partial charge is 0.503 e. The van der Waals surface area contributed by atoms with Gasteiger partial charge in [-0.3, -0.25) is 4.68 Å². The third-order valence-electron chi connectivity index (χ3n) is 7.97. The lowest BCUT2D eigenvalue weighted by Gasteiger charge is -2.12. The van der Waals surface area contributed by atoms with Gasteiger partial charge in [0.1, 0.15) is 41.0 Å². The maximum absolute atomic E-state index is 13.2. The number of hydrogen-bond acceptors (Lipinski definition) is 12. The standard InChI is InChI=1S/C22H17N3O5.C17H16FN5/c1-27-13-17(22(26)28-2)16-8-4-6-10-19(16)30-21-11-20(24-14-25-21)29-18-9-5-3-7-15(18)12-23;1-19-17-20-9-8-13(21-17)15-14-3-2-10-23(14)22-16(15)11-4-6-12(18)7-5-11/h3-11,13-14H,1-2H3;4-9H,2-3,10H2,1H3,(H,19,20,21)/b17-13+;. The molecule has 6 aromatic rings. The molecule has 0 spiro atoms. The molecule has 7 rings (SSSR count). The van der Waals surface area contributed by atoms with Crippen LogP contribution in [-0.4, -0.2) is 57.0 Å². The predicted molar refractivity (Wildman–Crippen MR) is 193 cm³/mol. The molecule has 1 aliphatic rings. The second kappa shape index (κ2) is 16.7. The average Bonchev–Trinajstić information content (AvgIpc) is 3.80. The predicted octanol–water partition coefficient (Wildman–Crippen LogP) is 7.23. The van der Waals surface area contributed by atoms with Crippen molar-refractivity contribution in [3.8, 4) is 51.8 Å². The van der Waals surface area contributed by atoms with Crippen molar-refractivity contribution in [1.29, 1.82) is 5.26 Å². The summed E-state index contributed by atoms with van der Waals surface area (Å²) in [5.74, 6) is 0.846. The first-order valence-corrected chi connectivity index (χ1v) is 16.4. The molecule has 53 heavy (non-hydrogen) atoms. The Balaban J connectivity index is 0.000000187. The van der Waals surface area contributed by atoms with Crippen LogP contribution in [0.1, 0.15) is 23.2 Å². The Labute approximate surface area is 304 Å². The van der Waals surface area contributed by atoms with Crippen molar-refractivity contribution in [3.05, 3.63) is 126 Å². The van der Waals surface area contributed by atoms with Gasteiger partial charge in [-0.1, -0.05) is 30.3 Å². The van der Waals surface area contributed by atoms with E-state index in [1.807, 2.05) is 10.7 Å². The van der Waals surface area contributed by atoms with Crippen molar-refractivity contribution >= 4 is 17.5 Å². The number of aromatic nitrogens is 6. The smallest absolute Gasteiger partial charge is 0.341 e. The highest BCUT2D eigenvalue weighted by Gasteiger charge is 2.25. The SMILES string of the molecule is CNc1nccc(-c2c(-c3ccc(F)cc3)nn3c2CCC3)n1.CO/C=C(/C(=O)OC)c1ccccc1Oc1cc(Oc2ccccc2C#N)ncn1. The number of methoxy groups -OCH3 is 2. The molecule has 266 valence electrons. The number of aryl methyl sites for hydroxylation is 1. The minimum absolute atomic E-state index is 0.184. The number of hydrogen-bond donors (Lipinski definition) is 1. The number of fused-ring (bicyclic) bond motifs is 1. The molecule has 1 aliphatic heterocycles. The normalized spacial score (nSPS) is 11.7. The summed E-state index contributed by atoms with van der Waals surface area (Å²) in [6.45, 7) is 0.910. The number of nitriles is 1. The second-order valence-electron chi connectivity index (χ2n) is 11.3. The number of esters is 1. The van der Waals surface area contributed by atoms with Gasteiger partial charge in [-0.25, -0.2) is 29.1 Å². The van der Waals surface area contributed by atoms with E-state index in [2.05, 4.69) is 31.3 Å². The molecule has 0 radical (unpaired) electrons. The van der Waals surface area contributed by atoms with Gasteiger partial charge in [-0.05, 0) is 61.4 Å². The van der Waals surface area contributed by atoms with E-state index in [0.29, 0.717) is 28.6 Å². The van der Waals surface area contributed by atoms with Crippen molar-refractivity contribution in [1.82, 2.24) is 29.7 Å². The summed E-state index contributed by atoms with van der Waals surface area (Å²) in [6, 6.07) is 25.5. The van der Waals surface area contributed by atoms with Crippen LogP contribution in [0.3, 0.4) is 0 Å². The maximum Gasteiger partial charge on any atom is 0.341 e. The molecule has 0 saturated heterocycles. The molecule has 3 aromatic carbocycles. The van der Waals surface area contributed by atoms with Crippen molar-refractivity contribution in [3.63, 3.8) is 0 Å². The van der Waals surface area contributed by atoms with Crippen LogP contribution in [-0.2, 0) is 27.2 Å². The Kier molecular flexibility index (Phi) is 11.2. The molecule has 0 saturated carbocycles. The van der Waals surface area contributed by atoms with Gasteiger partial charge in [0, 0.05) is 42.2 Å². The summed E-state index contributed by atoms with van der Waals surface area (Å²) in [5.41, 5.74) is 5.81. The zero-order valence-corrected chi connectivity index (χ0v) is 29.0. The minimum atomic E-state index is -0.576. The Hall–Kier alpha value is -7.14. The topological polar surface area (TPSA) is 159 Å². The van der Waals surface area contributed by atoms with Crippen LogP contribution in [0, 0.1) is 17.1 Å². The van der Waals surface area contributed by atoms with E-state index < -0.39 is 5.97 Å². The Bertz CT molecular complexity index is 2300. The van der Waals surface area contributed by atoms with Gasteiger partial charge in [-0.15, -0.1) is 0 Å². The molecule has 0 amide bonds. The molecule has 0 bridgehead atoms. The number of para-hydroxylation sites is 2. The van der Waals surface area contributed by atoms with E-state index in [1.54, 1.807) is 73.9 Å². The number of rotatable bonds is 10. The van der Waals surface area contributed by atoms with Crippen LogP contribution in [0.15, 0.2) is 104 Å². The van der Waals surface area contributed by atoms with Crippen molar-refractivity contribution in [2.75, 3.05) is 26.6 Å². The number of benzene rings is 3. The van der Waals surface area contributed by atoms with E-state index in [1.165, 1.54) is 50.7 Å². The number of anilines is 1. The molecule has 13 nitrogen and oxygen atoms in total. The Morgan fingerprint density at radius 1 is 0.943 bits per heavy atom. The molecular weight excluding hydrogens is 679 g/mol. The molecule has 0 atom stereocenters. The van der Waals surface area contributed by atoms with Gasteiger partial charge < -0.3 is 24.3 Å². The summed E-state index contributed by atoms with van der Waals surface area (Å²) in [4.78, 5) is 29.0. The van der Waals surface area contributed by atoms with E-state index in [9.17, 15) is 14.4 Å². The van der Waals surface area contributed by atoms with Gasteiger partial charge >= 0.3 is 5.97 Å². The first kappa shape index (κ1) is 35.7. The van der Waals surface area contributed by atoms with Crippen LogP contribution in [0.2, 0.25) is 0 Å². The molecule has 0 unspecified atom stereocenters. The van der Waals surface area contributed by atoms with E-state index in [0.717, 1.165) is 41.9 Å². The summed E-state index contributed by atoms with van der Waals surface area (Å²) < 4.78 is 36.6. The summed E-state index contributed by atoms with van der Waals surface area (Å²) in [7, 11) is 4.50. The third-order valence-corrected chi connectivity index (χ3v) is 7.97. The molecule has 0 fully saturated rings. The van der Waals surface area contributed by atoms with Gasteiger partial charge in [0.15, 0.2) is 0 Å². The van der Waals surface area contributed by atoms with Crippen LogP contribution in [0.5, 0.6) is 23.3 Å². The van der Waals surface area contributed by atoms with Crippen molar-refractivity contribution in [2.24, 2.45) is 0 Å². The monoisotopic (exact) mass is 712 g/mol. The first-order valence-electron chi connectivity index (χ1n) is 16.4. The number of nitrogens with one attached hydrogen (secondary N) is 1. The van der Waals surface area contributed by atoms with Crippen molar-refractivity contribution < 1.29 is 28.1 Å². The first-order chi connectivity index (χ1) is 25.9. The fourth-order valence-corrected chi connectivity index (χ4v) is 5.56. The lowest BCUT2D eigenvalue weighted by Crippen LogP contribution is -2.06. The summed E-state index contributed by atoms with van der Waals surface area (Å²) >= 11 is 0. The zero-order chi connectivity index (χ0) is 37.2. The number of carbonyl (C=O) groups excluding carboxylic acids is 1. The van der Waals surface area contributed by atoms with E-state index >= 15 is 0 Å². The van der Waals surface area contributed by atoms with Gasteiger partial charge in [0.25, 0.3) is 0 Å². The molecule has 3 aromatic heterocycles. The van der Waals surface area contributed by atoms with Crippen LogP contribution < -0.4 is 14.8 Å². The fraction of sp³-hybridized carbons (Fsp3) is 0.154. The van der Waals surface area contributed by atoms with Crippen LogP contribution in [0.4, 0.5) is 10.3 Å².